The van der Waals surface area contributed by atoms with Gasteiger partial charge in [-0.3, -0.25) is 14.0 Å². The molecular formula is C23H25F3N6O3. The van der Waals surface area contributed by atoms with E-state index in [1.165, 1.54) is 5.56 Å². The van der Waals surface area contributed by atoms with Crippen LogP contribution >= 0.6 is 0 Å². The van der Waals surface area contributed by atoms with Crippen LogP contribution in [0, 0.1) is 5.92 Å². The molecular weight excluding hydrogens is 465 g/mol. The Balaban J connectivity index is 0.000000364. The number of carboxylic acid groups (broad SMARTS) is 1. The van der Waals surface area contributed by atoms with Crippen LogP contribution in [0.1, 0.15) is 24.9 Å². The fourth-order valence-corrected chi connectivity index (χ4v) is 4.46. The van der Waals surface area contributed by atoms with Crippen molar-refractivity contribution in [3.8, 4) is 0 Å². The number of hydrogen-bond acceptors (Lipinski definition) is 5. The number of halogens is 3. The number of piperidine rings is 1. The van der Waals surface area contributed by atoms with E-state index >= 15 is 0 Å². The minimum atomic E-state index is -5.08. The smallest absolute Gasteiger partial charge is 0.475 e. The lowest BCUT2D eigenvalue weighted by Crippen LogP contribution is -2.43. The van der Waals surface area contributed by atoms with E-state index in [0.717, 1.165) is 42.6 Å². The number of benzene rings is 1. The van der Waals surface area contributed by atoms with Gasteiger partial charge in [-0.1, -0.05) is 37.3 Å². The highest BCUT2D eigenvalue weighted by Gasteiger charge is 2.38. The van der Waals surface area contributed by atoms with Crippen molar-refractivity contribution in [1.29, 1.82) is 0 Å². The molecule has 1 saturated heterocycles. The third kappa shape index (κ3) is 4.92. The molecule has 0 spiro atoms. The van der Waals surface area contributed by atoms with E-state index in [4.69, 9.17) is 9.90 Å². The molecule has 1 aliphatic rings. The van der Waals surface area contributed by atoms with Crippen LogP contribution in [0.3, 0.4) is 0 Å². The third-order valence-electron chi connectivity index (χ3n) is 6.33. The number of aromatic nitrogens is 5. The van der Waals surface area contributed by atoms with Gasteiger partial charge in [0, 0.05) is 20.1 Å². The molecule has 0 aliphatic carbocycles. The SMILES string of the molecule is C[C@@H]1CCN(Cc2ccccc2)C[C@@H]1n1c(=O)n(C)c2cnc3nc[nH]c3c21.O=C(O)C(F)(F)F. The van der Waals surface area contributed by atoms with Gasteiger partial charge in [-0.2, -0.15) is 13.2 Å². The first kappa shape index (κ1) is 24.5. The summed E-state index contributed by atoms with van der Waals surface area (Å²) in [6.45, 7) is 5.06. The predicted octanol–water partition coefficient (Wildman–Crippen LogP) is 3.33. The van der Waals surface area contributed by atoms with E-state index in [1.54, 1.807) is 17.1 Å². The number of likely N-dealkylation sites (tertiary alicyclic amines) is 1. The first-order valence-electron chi connectivity index (χ1n) is 11.0. The Morgan fingerprint density at radius 2 is 1.91 bits per heavy atom. The molecule has 9 nitrogen and oxygen atoms in total. The number of rotatable bonds is 3. The van der Waals surface area contributed by atoms with E-state index in [-0.39, 0.29) is 11.7 Å². The molecule has 4 heterocycles. The number of H-pyrrole nitrogens is 1. The zero-order valence-corrected chi connectivity index (χ0v) is 19.2. The van der Waals surface area contributed by atoms with Crippen molar-refractivity contribution in [3.05, 3.63) is 58.9 Å². The van der Waals surface area contributed by atoms with Crippen molar-refractivity contribution >= 4 is 28.2 Å². The summed E-state index contributed by atoms with van der Waals surface area (Å²) in [6, 6.07) is 10.6. The van der Waals surface area contributed by atoms with Crippen molar-refractivity contribution < 1.29 is 23.1 Å². The average Bonchev–Trinajstić information content (AvgIpc) is 3.39. The normalized spacial score (nSPS) is 19.0. The number of aryl methyl sites for hydroxylation is 1. The van der Waals surface area contributed by atoms with Gasteiger partial charge in [0.15, 0.2) is 5.65 Å². The van der Waals surface area contributed by atoms with Crippen LogP contribution in [-0.2, 0) is 18.4 Å². The fourth-order valence-electron chi connectivity index (χ4n) is 4.46. The maximum absolute atomic E-state index is 13.2. The highest BCUT2D eigenvalue weighted by Crippen LogP contribution is 2.32. The van der Waals surface area contributed by atoms with Crippen molar-refractivity contribution in [3.63, 3.8) is 0 Å². The second-order valence-corrected chi connectivity index (χ2v) is 8.66. The van der Waals surface area contributed by atoms with Crippen molar-refractivity contribution in [2.45, 2.75) is 32.1 Å². The molecule has 5 rings (SSSR count). The maximum Gasteiger partial charge on any atom is 0.490 e. The molecule has 0 bridgehead atoms. The van der Waals surface area contributed by atoms with Crippen molar-refractivity contribution in [2.24, 2.45) is 13.0 Å². The molecule has 0 unspecified atom stereocenters. The number of aromatic amines is 1. The van der Waals surface area contributed by atoms with E-state index in [0.29, 0.717) is 11.6 Å². The van der Waals surface area contributed by atoms with Crippen LogP contribution in [-0.4, -0.2) is 59.3 Å². The number of alkyl halides is 3. The van der Waals surface area contributed by atoms with Crippen LogP contribution in [0.2, 0.25) is 0 Å². The molecule has 0 saturated carbocycles. The van der Waals surface area contributed by atoms with Crippen LogP contribution < -0.4 is 5.69 Å². The minimum absolute atomic E-state index is 0.0114. The summed E-state index contributed by atoms with van der Waals surface area (Å²) >= 11 is 0. The second-order valence-electron chi connectivity index (χ2n) is 8.66. The number of carboxylic acids is 1. The predicted molar refractivity (Wildman–Crippen MR) is 123 cm³/mol. The lowest BCUT2D eigenvalue weighted by Gasteiger charge is -2.37. The lowest BCUT2D eigenvalue weighted by molar-refractivity contribution is -0.192. The summed E-state index contributed by atoms with van der Waals surface area (Å²) < 4.78 is 35.4. The van der Waals surface area contributed by atoms with Gasteiger partial charge in [0.25, 0.3) is 0 Å². The largest absolute Gasteiger partial charge is 0.490 e. The Kier molecular flexibility index (Phi) is 6.66. The molecule has 1 fully saturated rings. The number of hydrogen-bond donors (Lipinski definition) is 2. The molecule has 3 aromatic heterocycles. The van der Waals surface area contributed by atoms with Gasteiger partial charge < -0.3 is 10.1 Å². The zero-order valence-electron chi connectivity index (χ0n) is 19.2. The first-order chi connectivity index (χ1) is 16.6. The van der Waals surface area contributed by atoms with E-state index < -0.39 is 12.1 Å². The monoisotopic (exact) mass is 490 g/mol. The molecule has 1 aromatic carbocycles. The molecule has 35 heavy (non-hydrogen) atoms. The highest BCUT2D eigenvalue weighted by atomic mass is 19.4. The third-order valence-corrected chi connectivity index (χ3v) is 6.33. The summed E-state index contributed by atoms with van der Waals surface area (Å²) in [5.74, 6) is -2.34. The number of nitrogens with zero attached hydrogens (tertiary/aromatic N) is 5. The van der Waals surface area contributed by atoms with Gasteiger partial charge in [0.1, 0.15) is 5.52 Å². The summed E-state index contributed by atoms with van der Waals surface area (Å²) in [7, 11) is 1.82. The van der Waals surface area contributed by atoms with Gasteiger partial charge in [0.05, 0.1) is 29.6 Å². The quantitative estimate of drug-likeness (QED) is 0.456. The molecule has 0 radical (unpaired) electrons. The van der Waals surface area contributed by atoms with Gasteiger partial charge in [0.2, 0.25) is 0 Å². The van der Waals surface area contributed by atoms with Gasteiger partial charge in [-0.05, 0) is 24.4 Å². The number of carbonyl (C=O) groups is 1. The summed E-state index contributed by atoms with van der Waals surface area (Å²) in [4.78, 5) is 36.4. The summed E-state index contributed by atoms with van der Waals surface area (Å²) in [6.07, 6.45) is -0.617. The number of imidazole rings is 2. The molecule has 1 aliphatic heterocycles. The molecule has 12 heteroatoms. The van der Waals surface area contributed by atoms with E-state index in [9.17, 15) is 18.0 Å². The number of nitrogens with one attached hydrogen (secondary N) is 1. The van der Waals surface area contributed by atoms with Crippen LogP contribution in [0.5, 0.6) is 0 Å². The Bertz CT molecular complexity index is 1390. The highest BCUT2D eigenvalue weighted by molar-refractivity contribution is 5.98. The molecule has 4 aromatic rings. The number of pyridine rings is 1. The molecule has 2 N–H and O–H groups in total. The number of aliphatic carboxylic acids is 1. The van der Waals surface area contributed by atoms with Crippen LogP contribution in [0.25, 0.3) is 22.2 Å². The van der Waals surface area contributed by atoms with Crippen molar-refractivity contribution in [1.82, 2.24) is 29.0 Å². The van der Waals surface area contributed by atoms with Gasteiger partial charge in [-0.25, -0.2) is 19.6 Å². The van der Waals surface area contributed by atoms with Crippen LogP contribution in [0.4, 0.5) is 13.2 Å². The zero-order chi connectivity index (χ0) is 25.3. The summed E-state index contributed by atoms with van der Waals surface area (Å²) in [5.41, 5.74) is 4.56. The molecule has 2 atom stereocenters. The Morgan fingerprint density at radius 3 is 2.57 bits per heavy atom. The van der Waals surface area contributed by atoms with E-state index in [1.807, 2.05) is 17.7 Å². The fraction of sp³-hybridized carbons (Fsp3) is 0.391. The topological polar surface area (TPSA) is 109 Å². The van der Waals surface area contributed by atoms with Crippen molar-refractivity contribution in [2.75, 3.05) is 13.1 Å². The van der Waals surface area contributed by atoms with E-state index in [2.05, 4.69) is 51.0 Å². The Morgan fingerprint density at radius 1 is 1.23 bits per heavy atom. The Labute approximate surface area is 197 Å². The maximum atomic E-state index is 13.2. The average molecular weight is 490 g/mol. The summed E-state index contributed by atoms with van der Waals surface area (Å²) in [5, 5.41) is 7.12. The first-order valence-corrected chi connectivity index (χ1v) is 11.0. The standard InChI is InChI=1S/C21H24N6O.C2HF3O2/c1-14-8-9-26(11-15-6-4-3-5-7-15)12-17(14)27-19-16(25(2)21(27)28)10-22-20-18(19)23-13-24-20;3-2(4,5)1(6)7/h3-7,10,13-14,17H,8-9,11-12H2,1-2H3,(H,22,23,24);(H,6,7)/t14-,17+;/m1./s1. The minimum Gasteiger partial charge on any atom is -0.475 e. The number of fused-ring (bicyclic) bond motifs is 3. The molecule has 0 amide bonds. The lowest BCUT2D eigenvalue weighted by atomic mass is 9.92. The van der Waals surface area contributed by atoms with Crippen LogP contribution in [0.15, 0.2) is 47.7 Å². The molecule has 186 valence electrons. The Hall–Kier alpha value is -3.67. The van der Waals surface area contributed by atoms with Gasteiger partial charge in [-0.15, -0.1) is 0 Å². The van der Waals surface area contributed by atoms with Gasteiger partial charge >= 0.3 is 17.8 Å². The second kappa shape index (κ2) is 9.53.